The van der Waals surface area contributed by atoms with Gasteiger partial charge < -0.3 is 10.1 Å². The molecule has 3 rings (SSSR count). The number of benzene rings is 2. The number of nitrogens with zero attached hydrogens (tertiary/aromatic N) is 1. The largest absolute Gasteiger partial charge is 0.452 e. The number of nitrogens with one attached hydrogen (secondary N) is 1. The van der Waals surface area contributed by atoms with E-state index in [0.717, 1.165) is 31.7 Å². The summed E-state index contributed by atoms with van der Waals surface area (Å²) in [5.74, 6) is -2.63. The summed E-state index contributed by atoms with van der Waals surface area (Å²) in [6, 6.07) is 9.59. The van der Waals surface area contributed by atoms with Crippen LogP contribution in [0.25, 0.3) is 0 Å². The Morgan fingerprint density at radius 2 is 1.74 bits per heavy atom. The minimum absolute atomic E-state index is 0.0716. The lowest BCUT2D eigenvalue weighted by Crippen LogP contribution is -2.32. The van der Waals surface area contributed by atoms with Gasteiger partial charge in [0.2, 0.25) is 10.0 Å². The van der Waals surface area contributed by atoms with Crippen LogP contribution in [0.4, 0.5) is 10.1 Å². The first-order chi connectivity index (χ1) is 14.8. The second-order valence-corrected chi connectivity index (χ2v) is 9.41. The van der Waals surface area contributed by atoms with Crippen molar-refractivity contribution in [2.45, 2.75) is 30.6 Å². The molecule has 0 radical (unpaired) electrons. The first-order valence-corrected chi connectivity index (χ1v) is 11.6. The molecule has 0 aromatic heterocycles. The molecule has 1 heterocycles. The van der Waals surface area contributed by atoms with Crippen molar-refractivity contribution in [3.8, 4) is 0 Å². The van der Waals surface area contributed by atoms with E-state index in [4.69, 9.17) is 16.3 Å². The zero-order valence-corrected chi connectivity index (χ0v) is 18.2. The van der Waals surface area contributed by atoms with Crippen LogP contribution >= 0.6 is 11.6 Å². The van der Waals surface area contributed by atoms with Gasteiger partial charge in [0.25, 0.3) is 5.91 Å². The zero-order chi connectivity index (χ0) is 22.4. The molecule has 2 aromatic carbocycles. The fourth-order valence-electron chi connectivity index (χ4n) is 3.26. The number of halogens is 2. The van der Waals surface area contributed by atoms with Crippen molar-refractivity contribution in [2.75, 3.05) is 25.0 Å². The van der Waals surface area contributed by atoms with Crippen molar-refractivity contribution in [1.29, 1.82) is 0 Å². The van der Waals surface area contributed by atoms with E-state index in [1.54, 1.807) is 0 Å². The summed E-state index contributed by atoms with van der Waals surface area (Å²) in [6.45, 7) is 0.244. The van der Waals surface area contributed by atoms with Crippen molar-refractivity contribution in [3.05, 3.63) is 58.9 Å². The topological polar surface area (TPSA) is 92.8 Å². The van der Waals surface area contributed by atoms with Gasteiger partial charge in [-0.3, -0.25) is 4.79 Å². The van der Waals surface area contributed by atoms with Gasteiger partial charge in [-0.05, 0) is 43.2 Å². The minimum atomic E-state index is -3.67. The summed E-state index contributed by atoms with van der Waals surface area (Å²) >= 11 is 5.80. The minimum Gasteiger partial charge on any atom is -0.452 e. The zero-order valence-electron chi connectivity index (χ0n) is 16.6. The third kappa shape index (κ3) is 5.81. The number of carbonyl (C=O) groups excluding carboxylic acids is 2. The predicted molar refractivity (Wildman–Crippen MR) is 114 cm³/mol. The number of hydrogen-bond donors (Lipinski definition) is 1. The second kappa shape index (κ2) is 10.2. The summed E-state index contributed by atoms with van der Waals surface area (Å²) < 4.78 is 45.9. The molecule has 0 unspecified atom stereocenters. The highest BCUT2D eigenvalue weighted by molar-refractivity contribution is 7.89. The Bertz CT molecular complexity index is 1050. The monoisotopic (exact) mass is 468 g/mol. The van der Waals surface area contributed by atoms with Crippen molar-refractivity contribution in [2.24, 2.45) is 0 Å². The first-order valence-electron chi connectivity index (χ1n) is 9.80. The highest BCUT2D eigenvalue weighted by Gasteiger charge is 2.25. The molecule has 0 aliphatic carbocycles. The van der Waals surface area contributed by atoms with E-state index in [1.165, 1.54) is 40.7 Å². The van der Waals surface area contributed by atoms with E-state index in [9.17, 15) is 22.4 Å². The molecule has 1 fully saturated rings. The van der Waals surface area contributed by atoms with E-state index in [0.29, 0.717) is 13.1 Å². The molecule has 0 atom stereocenters. The van der Waals surface area contributed by atoms with Gasteiger partial charge in [0, 0.05) is 18.8 Å². The van der Waals surface area contributed by atoms with E-state index in [-0.39, 0.29) is 15.6 Å². The summed E-state index contributed by atoms with van der Waals surface area (Å²) in [7, 11) is -3.67. The number of ether oxygens (including phenoxy) is 1. The number of carbonyl (C=O) groups is 2. The Labute approximate surface area is 185 Å². The number of amides is 1. The van der Waals surface area contributed by atoms with Crippen LogP contribution in [0.3, 0.4) is 0 Å². The molecule has 0 saturated carbocycles. The van der Waals surface area contributed by atoms with Gasteiger partial charge in [0.05, 0.1) is 9.92 Å². The SMILES string of the molecule is O=C(COC(=O)c1c(F)cccc1Cl)Nc1cccc(S(=O)(=O)N2CCCCCC2)c1. The van der Waals surface area contributed by atoms with Gasteiger partial charge in [0.15, 0.2) is 6.61 Å². The van der Waals surface area contributed by atoms with Crippen LogP contribution < -0.4 is 5.32 Å². The van der Waals surface area contributed by atoms with E-state index in [2.05, 4.69) is 5.32 Å². The Hall–Kier alpha value is -2.49. The van der Waals surface area contributed by atoms with Crippen molar-refractivity contribution in [1.82, 2.24) is 4.31 Å². The highest BCUT2D eigenvalue weighted by atomic mass is 35.5. The number of esters is 1. The van der Waals surface area contributed by atoms with Gasteiger partial charge in [-0.25, -0.2) is 17.6 Å². The first kappa shape index (κ1) is 23.2. The molecular weight excluding hydrogens is 447 g/mol. The average molecular weight is 469 g/mol. The summed E-state index contributed by atoms with van der Waals surface area (Å²) in [4.78, 5) is 24.2. The van der Waals surface area contributed by atoms with E-state index >= 15 is 0 Å². The quantitative estimate of drug-likeness (QED) is 0.650. The van der Waals surface area contributed by atoms with E-state index in [1.807, 2.05) is 0 Å². The molecule has 1 aliphatic heterocycles. The van der Waals surface area contributed by atoms with Crippen LogP contribution in [0.2, 0.25) is 5.02 Å². The summed E-state index contributed by atoms with van der Waals surface area (Å²) in [5, 5.41) is 2.35. The fourth-order valence-corrected chi connectivity index (χ4v) is 5.06. The van der Waals surface area contributed by atoms with Crippen LogP contribution in [-0.4, -0.2) is 44.3 Å². The maximum atomic E-state index is 13.8. The molecule has 1 N–H and O–H groups in total. The van der Waals surface area contributed by atoms with Crippen LogP contribution in [0.15, 0.2) is 47.4 Å². The number of hydrogen-bond acceptors (Lipinski definition) is 5. The molecule has 1 saturated heterocycles. The van der Waals surface area contributed by atoms with Crippen LogP contribution in [-0.2, 0) is 19.6 Å². The van der Waals surface area contributed by atoms with Crippen molar-refractivity contribution >= 4 is 39.2 Å². The third-order valence-electron chi connectivity index (χ3n) is 4.82. The third-order valence-corrected chi connectivity index (χ3v) is 7.03. The standard InChI is InChI=1S/C21H22ClFN2O5S/c22-17-9-6-10-18(23)20(17)21(27)30-14-19(26)24-15-7-5-8-16(13-15)31(28,29)25-11-3-1-2-4-12-25/h5-10,13H,1-4,11-12,14H2,(H,24,26). The van der Waals surface area contributed by atoms with Crippen molar-refractivity contribution in [3.63, 3.8) is 0 Å². The van der Waals surface area contributed by atoms with Crippen LogP contribution in [0, 0.1) is 5.82 Å². The van der Waals surface area contributed by atoms with Gasteiger partial charge >= 0.3 is 5.97 Å². The second-order valence-electron chi connectivity index (χ2n) is 7.07. The molecule has 0 spiro atoms. The Kier molecular flexibility index (Phi) is 7.64. The summed E-state index contributed by atoms with van der Waals surface area (Å²) in [5.41, 5.74) is -0.219. The molecule has 31 heavy (non-hydrogen) atoms. The number of sulfonamides is 1. The van der Waals surface area contributed by atoms with Crippen LogP contribution in [0.1, 0.15) is 36.0 Å². The number of anilines is 1. The highest BCUT2D eigenvalue weighted by Crippen LogP contribution is 2.23. The van der Waals surface area contributed by atoms with Gasteiger partial charge in [-0.2, -0.15) is 4.31 Å². The normalized spacial score (nSPS) is 15.2. The molecule has 1 aliphatic rings. The smallest absolute Gasteiger partial charge is 0.343 e. The molecule has 10 heteroatoms. The lowest BCUT2D eigenvalue weighted by Gasteiger charge is -2.20. The molecule has 166 valence electrons. The molecule has 1 amide bonds. The molecule has 7 nitrogen and oxygen atoms in total. The van der Waals surface area contributed by atoms with Crippen LogP contribution in [0.5, 0.6) is 0 Å². The fraction of sp³-hybridized carbons (Fsp3) is 0.333. The van der Waals surface area contributed by atoms with E-state index < -0.39 is 39.9 Å². The maximum Gasteiger partial charge on any atom is 0.343 e. The maximum absolute atomic E-state index is 13.8. The molecule has 2 aromatic rings. The van der Waals surface area contributed by atoms with Gasteiger partial charge in [0.1, 0.15) is 11.4 Å². The lowest BCUT2D eigenvalue weighted by atomic mass is 10.2. The number of rotatable bonds is 6. The van der Waals surface area contributed by atoms with Gasteiger partial charge in [-0.15, -0.1) is 0 Å². The van der Waals surface area contributed by atoms with Gasteiger partial charge in [-0.1, -0.05) is 36.6 Å². The Balaban J connectivity index is 1.64. The average Bonchev–Trinajstić information content (AvgIpc) is 3.02. The van der Waals surface area contributed by atoms with Crippen molar-refractivity contribution < 1.29 is 27.1 Å². The summed E-state index contributed by atoms with van der Waals surface area (Å²) in [6.07, 6.45) is 3.62. The Morgan fingerprint density at radius 1 is 1.06 bits per heavy atom. The molecule has 0 bridgehead atoms. The predicted octanol–water partition coefficient (Wildman–Crippen LogP) is 3.84. The molecular formula is C21H22ClFN2O5S. The lowest BCUT2D eigenvalue weighted by molar-refractivity contribution is -0.119. The Morgan fingerprint density at radius 3 is 2.42 bits per heavy atom.